The van der Waals surface area contributed by atoms with Crippen molar-refractivity contribution in [3.05, 3.63) is 0 Å². The van der Waals surface area contributed by atoms with E-state index in [4.69, 9.17) is 4.74 Å². The predicted octanol–water partition coefficient (Wildman–Crippen LogP) is 1.55. The number of Topliss-reactive ketones (excluding diaryl/α,β-unsaturated/α-hetero) is 1. The van der Waals surface area contributed by atoms with Crippen LogP contribution in [0.5, 0.6) is 0 Å². The van der Waals surface area contributed by atoms with Crippen molar-refractivity contribution in [3.63, 3.8) is 0 Å². The van der Waals surface area contributed by atoms with Crippen LogP contribution < -0.4 is 0 Å². The van der Waals surface area contributed by atoms with Gasteiger partial charge in [-0.1, -0.05) is 0 Å². The standard InChI is InChI=1S/C12H16O3/c1-7(13)11-3-8-5-12(11,10(14)15-2)6-9(8)4-11/h8-9H,3-6H2,1-2H3. The van der Waals surface area contributed by atoms with Crippen LogP contribution in [0.4, 0.5) is 0 Å². The highest BCUT2D eigenvalue weighted by atomic mass is 16.5. The number of esters is 1. The maximum Gasteiger partial charge on any atom is 0.312 e. The zero-order chi connectivity index (χ0) is 10.8. The van der Waals surface area contributed by atoms with Gasteiger partial charge in [-0.05, 0) is 44.4 Å². The number of ketones is 1. The summed E-state index contributed by atoms with van der Waals surface area (Å²) in [6.07, 6.45) is 3.65. The molecule has 82 valence electrons. The Balaban J connectivity index is 2.10. The lowest BCUT2D eigenvalue weighted by Crippen LogP contribution is -2.44. The first-order valence-electron chi connectivity index (χ1n) is 5.65. The van der Waals surface area contributed by atoms with Crippen LogP contribution in [0, 0.1) is 22.7 Å². The number of methoxy groups -OCH3 is 1. The van der Waals surface area contributed by atoms with Crippen LogP contribution in [-0.4, -0.2) is 18.9 Å². The summed E-state index contributed by atoms with van der Waals surface area (Å²) >= 11 is 0. The monoisotopic (exact) mass is 208 g/mol. The molecule has 0 spiro atoms. The second kappa shape index (κ2) is 2.45. The van der Waals surface area contributed by atoms with Crippen molar-refractivity contribution in [3.8, 4) is 0 Å². The van der Waals surface area contributed by atoms with Gasteiger partial charge in [0.1, 0.15) is 5.78 Å². The molecule has 4 aliphatic rings. The molecule has 4 bridgehead atoms. The van der Waals surface area contributed by atoms with Crippen LogP contribution >= 0.6 is 0 Å². The second-order valence-corrected chi connectivity index (χ2v) is 5.55. The van der Waals surface area contributed by atoms with Gasteiger partial charge in [-0.15, -0.1) is 0 Å². The van der Waals surface area contributed by atoms with E-state index in [-0.39, 0.29) is 17.2 Å². The summed E-state index contributed by atoms with van der Waals surface area (Å²) in [6, 6.07) is 0. The van der Waals surface area contributed by atoms with Crippen molar-refractivity contribution >= 4 is 11.8 Å². The summed E-state index contributed by atoms with van der Waals surface area (Å²) in [5.74, 6) is 1.27. The van der Waals surface area contributed by atoms with Crippen molar-refractivity contribution in [2.45, 2.75) is 32.6 Å². The molecule has 4 aliphatic carbocycles. The normalized spacial score (nSPS) is 50.0. The van der Waals surface area contributed by atoms with Gasteiger partial charge in [-0.3, -0.25) is 9.59 Å². The summed E-state index contributed by atoms with van der Waals surface area (Å²) in [7, 11) is 1.44. The van der Waals surface area contributed by atoms with Gasteiger partial charge < -0.3 is 4.74 Å². The van der Waals surface area contributed by atoms with E-state index in [9.17, 15) is 9.59 Å². The molecular formula is C12H16O3. The lowest BCUT2D eigenvalue weighted by atomic mass is 9.66. The first kappa shape index (κ1) is 9.37. The van der Waals surface area contributed by atoms with Gasteiger partial charge in [0, 0.05) is 5.41 Å². The van der Waals surface area contributed by atoms with Crippen LogP contribution in [0.15, 0.2) is 0 Å². The minimum absolute atomic E-state index is 0.139. The third-order valence-electron chi connectivity index (χ3n) is 5.28. The lowest BCUT2D eigenvalue weighted by Gasteiger charge is -2.36. The van der Waals surface area contributed by atoms with Crippen molar-refractivity contribution in [1.82, 2.24) is 0 Å². The number of carbonyl (C=O) groups is 2. The molecule has 0 amide bonds. The fourth-order valence-electron chi connectivity index (χ4n) is 4.73. The van der Waals surface area contributed by atoms with Gasteiger partial charge in [0.2, 0.25) is 0 Å². The molecule has 0 radical (unpaired) electrons. The summed E-state index contributed by atoms with van der Waals surface area (Å²) < 4.78 is 4.94. The van der Waals surface area contributed by atoms with Crippen molar-refractivity contribution in [2.24, 2.45) is 22.7 Å². The molecule has 0 saturated heterocycles. The first-order chi connectivity index (χ1) is 7.06. The maximum absolute atomic E-state index is 12.0. The highest BCUT2D eigenvalue weighted by Gasteiger charge is 2.76. The third kappa shape index (κ3) is 0.766. The van der Waals surface area contributed by atoms with E-state index in [0.29, 0.717) is 11.8 Å². The smallest absolute Gasteiger partial charge is 0.312 e. The fraction of sp³-hybridized carbons (Fsp3) is 0.833. The number of hydrogen-bond donors (Lipinski definition) is 0. The zero-order valence-corrected chi connectivity index (χ0v) is 9.21. The average Bonchev–Trinajstić information content (AvgIpc) is 2.85. The molecular weight excluding hydrogens is 192 g/mol. The van der Waals surface area contributed by atoms with Crippen molar-refractivity contribution < 1.29 is 14.3 Å². The molecule has 3 heteroatoms. The largest absolute Gasteiger partial charge is 0.469 e. The number of carbonyl (C=O) groups excluding carboxylic acids is 2. The van der Waals surface area contributed by atoms with E-state index >= 15 is 0 Å². The minimum Gasteiger partial charge on any atom is -0.469 e. The van der Waals surface area contributed by atoms with Gasteiger partial charge in [-0.25, -0.2) is 0 Å². The van der Waals surface area contributed by atoms with E-state index in [2.05, 4.69) is 0 Å². The molecule has 0 aromatic carbocycles. The van der Waals surface area contributed by atoms with Crippen LogP contribution in [0.1, 0.15) is 32.6 Å². The van der Waals surface area contributed by atoms with Gasteiger partial charge in [-0.2, -0.15) is 0 Å². The molecule has 0 N–H and O–H groups in total. The Morgan fingerprint density at radius 3 is 1.93 bits per heavy atom. The molecule has 4 fully saturated rings. The van der Waals surface area contributed by atoms with Gasteiger partial charge in [0.25, 0.3) is 0 Å². The van der Waals surface area contributed by atoms with Crippen LogP contribution in [-0.2, 0) is 14.3 Å². The molecule has 3 nitrogen and oxygen atoms in total. The van der Waals surface area contributed by atoms with Gasteiger partial charge >= 0.3 is 5.97 Å². The molecule has 0 aromatic rings. The molecule has 4 saturated carbocycles. The molecule has 4 rings (SSSR count). The fourth-order valence-corrected chi connectivity index (χ4v) is 4.73. The summed E-state index contributed by atoms with van der Waals surface area (Å²) in [6.45, 7) is 1.65. The summed E-state index contributed by atoms with van der Waals surface area (Å²) in [5.41, 5.74) is -0.793. The quantitative estimate of drug-likeness (QED) is 0.647. The molecule has 0 aliphatic heterocycles. The highest BCUT2D eigenvalue weighted by molar-refractivity contribution is 5.93. The maximum atomic E-state index is 12.0. The Morgan fingerprint density at radius 2 is 1.53 bits per heavy atom. The van der Waals surface area contributed by atoms with Crippen LogP contribution in [0.25, 0.3) is 0 Å². The molecule has 0 heterocycles. The van der Waals surface area contributed by atoms with E-state index in [1.54, 1.807) is 6.92 Å². The van der Waals surface area contributed by atoms with Gasteiger partial charge in [0.05, 0.1) is 12.5 Å². The second-order valence-electron chi connectivity index (χ2n) is 5.55. The highest BCUT2D eigenvalue weighted by Crippen LogP contribution is 2.77. The summed E-state index contributed by atoms with van der Waals surface area (Å²) in [5, 5.41) is 0. The van der Waals surface area contributed by atoms with E-state index in [1.165, 1.54) is 7.11 Å². The lowest BCUT2D eigenvalue weighted by molar-refractivity contribution is -0.161. The Labute approximate surface area is 89.2 Å². The number of ether oxygens (including phenoxy) is 1. The first-order valence-corrected chi connectivity index (χ1v) is 5.65. The van der Waals surface area contributed by atoms with Crippen LogP contribution in [0.2, 0.25) is 0 Å². The number of rotatable bonds is 2. The average molecular weight is 208 g/mol. The minimum atomic E-state index is -0.442. The predicted molar refractivity (Wildman–Crippen MR) is 53.0 cm³/mol. The van der Waals surface area contributed by atoms with Crippen LogP contribution in [0.3, 0.4) is 0 Å². The van der Waals surface area contributed by atoms with Crippen molar-refractivity contribution in [2.75, 3.05) is 7.11 Å². The molecule has 15 heavy (non-hydrogen) atoms. The Hall–Kier alpha value is -0.860. The number of hydrogen-bond acceptors (Lipinski definition) is 3. The third-order valence-corrected chi connectivity index (χ3v) is 5.28. The zero-order valence-electron chi connectivity index (χ0n) is 9.21. The topological polar surface area (TPSA) is 43.4 Å². The Kier molecular flexibility index (Phi) is 1.53. The van der Waals surface area contributed by atoms with E-state index < -0.39 is 5.41 Å². The SMILES string of the molecule is COC(=O)C12CC3CC1(C(C)=O)CC3C2. The molecule has 0 aromatic heterocycles. The Bertz CT molecular complexity index is 344. The molecule has 2 atom stereocenters. The molecule has 2 unspecified atom stereocenters. The van der Waals surface area contributed by atoms with E-state index in [1.807, 2.05) is 0 Å². The van der Waals surface area contributed by atoms with Gasteiger partial charge in [0.15, 0.2) is 0 Å². The summed E-state index contributed by atoms with van der Waals surface area (Å²) in [4.78, 5) is 23.8. The van der Waals surface area contributed by atoms with Crippen molar-refractivity contribution in [1.29, 1.82) is 0 Å². The van der Waals surface area contributed by atoms with E-state index in [0.717, 1.165) is 25.7 Å². The Morgan fingerprint density at radius 1 is 1.07 bits per heavy atom.